The van der Waals surface area contributed by atoms with Gasteiger partial charge in [-0.05, 0) is 18.5 Å². The monoisotopic (exact) mass is 168 g/mol. The molecule has 0 aliphatic heterocycles. The van der Waals surface area contributed by atoms with Crippen LogP contribution in [0.4, 0.5) is 0 Å². The fourth-order valence-corrected chi connectivity index (χ4v) is 1.09. The summed E-state index contributed by atoms with van der Waals surface area (Å²) in [5.74, 6) is 0. The Morgan fingerprint density at radius 3 is 3.00 bits per heavy atom. The van der Waals surface area contributed by atoms with Gasteiger partial charge in [-0.15, -0.1) is 0 Å². The number of rotatable bonds is 0. The first-order valence-electron chi connectivity index (χ1n) is 3.10. The molecule has 2 rings (SSSR count). The lowest BCUT2D eigenvalue weighted by atomic mass is 10.4. The fourth-order valence-electron chi connectivity index (χ4n) is 0.916. The van der Waals surface area contributed by atoms with E-state index < -0.39 is 0 Å². The smallest absolute Gasteiger partial charge is 0.202 e. The predicted octanol–water partition coefficient (Wildman–Crippen LogP) is 1.31. The third-order valence-corrected chi connectivity index (χ3v) is 1.63. The number of imidazole rings is 1. The Labute approximate surface area is 67.6 Å². The Kier molecular flexibility index (Phi) is 1.29. The number of halogens is 1. The van der Waals surface area contributed by atoms with E-state index in [0.29, 0.717) is 10.9 Å². The van der Waals surface area contributed by atoms with Gasteiger partial charge in [-0.25, -0.2) is 9.97 Å². The highest BCUT2D eigenvalue weighted by Gasteiger charge is 2.03. The third-order valence-electron chi connectivity index (χ3n) is 1.45. The van der Waals surface area contributed by atoms with Gasteiger partial charge in [0.1, 0.15) is 11.8 Å². The largest absolute Gasteiger partial charge is 0.326 e. The van der Waals surface area contributed by atoms with Gasteiger partial charge in [0.25, 0.3) is 0 Å². The molecule has 0 aliphatic rings. The van der Waals surface area contributed by atoms with Gasteiger partial charge in [-0.2, -0.15) is 4.98 Å². The molecule has 56 valence electrons. The maximum absolute atomic E-state index is 5.62. The molecule has 1 N–H and O–H groups in total. The van der Waals surface area contributed by atoms with E-state index in [1.165, 1.54) is 6.33 Å². The van der Waals surface area contributed by atoms with Crippen LogP contribution >= 0.6 is 11.6 Å². The third kappa shape index (κ3) is 0.952. The van der Waals surface area contributed by atoms with Crippen molar-refractivity contribution in [2.75, 3.05) is 0 Å². The highest BCUT2D eigenvalue weighted by molar-refractivity contribution is 6.29. The lowest BCUT2D eigenvalue weighted by molar-refractivity contribution is 1.14. The summed E-state index contributed by atoms with van der Waals surface area (Å²) in [7, 11) is 0. The minimum absolute atomic E-state index is 0.351. The molecule has 0 bridgehead atoms. The van der Waals surface area contributed by atoms with E-state index in [1.54, 1.807) is 0 Å². The topological polar surface area (TPSA) is 54.5 Å². The molecule has 0 aromatic carbocycles. The SMILES string of the molecule is Cc1ncnc2nc(Cl)[nH]c12. The Balaban J connectivity index is 2.90. The van der Waals surface area contributed by atoms with Crippen LogP contribution in [0.1, 0.15) is 5.69 Å². The van der Waals surface area contributed by atoms with Crippen LogP contribution in [0.25, 0.3) is 11.2 Å². The van der Waals surface area contributed by atoms with Crippen LogP contribution in [0.3, 0.4) is 0 Å². The molecule has 0 spiro atoms. The second-order valence-corrected chi connectivity index (χ2v) is 2.54. The molecular formula is C6H5ClN4. The molecule has 0 unspecified atom stereocenters. The minimum Gasteiger partial charge on any atom is -0.326 e. The summed E-state index contributed by atoms with van der Waals surface area (Å²) in [5.41, 5.74) is 2.27. The lowest BCUT2D eigenvalue weighted by Crippen LogP contribution is -1.84. The van der Waals surface area contributed by atoms with Gasteiger partial charge in [0.2, 0.25) is 5.28 Å². The lowest BCUT2D eigenvalue weighted by Gasteiger charge is -1.89. The Morgan fingerprint density at radius 2 is 2.27 bits per heavy atom. The van der Waals surface area contributed by atoms with Crippen molar-refractivity contribution in [3.05, 3.63) is 17.3 Å². The van der Waals surface area contributed by atoms with Gasteiger partial charge in [0.05, 0.1) is 5.69 Å². The summed E-state index contributed by atoms with van der Waals surface area (Å²) in [4.78, 5) is 14.7. The predicted molar refractivity (Wildman–Crippen MR) is 41.4 cm³/mol. The second kappa shape index (κ2) is 2.17. The van der Waals surface area contributed by atoms with E-state index in [1.807, 2.05) is 6.92 Å². The number of H-pyrrole nitrogens is 1. The molecule has 0 aliphatic carbocycles. The molecule has 0 fully saturated rings. The van der Waals surface area contributed by atoms with Gasteiger partial charge >= 0.3 is 0 Å². The van der Waals surface area contributed by atoms with Gasteiger partial charge in [-0.3, -0.25) is 0 Å². The summed E-state index contributed by atoms with van der Waals surface area (Å²) in [6.07, 6.45) is 1.47. The zero-order valence-electron chi connectivity index (χ0n) is 5.80. The maximum atomic E-state index is 5.62. The summed E-state index contributed by atoms with van der Waals surface area (Å²) >= 11 is 5.62. The number of hydrogen-bond acceptors (Lipinski definition) is 3. The van der Waals surface area contributed by atoms with Crippen LogP contribution in [-0.4, -0.2) is 19.9 Å². The van der Waals surface area contributed by atoms with Crippen molar-refractivity contribution in [3.8, 4) is 0 Å². The summed E-state index contributed by atoms with van der Waals surface area (Å²) in [6, 6.07) is 0. The highest BCUT2D eigenvalue weighted by atomic mass is 35.5. The Bertz CT molecular complexity index is 394. The number of aryl methyl sites for hydroxylation is 1. The van der Waals surface area contributed by atoms with Gasteiger partial charge in [0, 0.05) is 0 Å². The number of nitrogens with one attached hydrogen (secondary N) is 1. The van der Waals surface area contributed by atoms with Crippen LogP contribution < -0.4 is 0 Å². The zero-order chi connectivity index (χ0) is 7.84. The summed E-state index contributed by atoms with van der Waals surface area (Å²) < 4.78 is 0. The molecular weight excluding hydrogens is 164 g/mol. The van der Waals surface area contributed by atoms with Crippen molar-refractivity contribution in [1.82, 2.24) is 19.9 Å². The van der Waals surface area contributed by atoms with Crippen molar-refractivity contribution < 1.29 is 0 Å². The van der Waals surface area contributed by atoms with Crippen LogP contribution in [0, 0.1) is 6.92 Å². The van der Waals surface area contributed by atoms with E-state index >= 15 is 0 Å². The van der Waals surface area contributed by atoms with E-state index in [9.17, 15) is 0 Å². The number of aromatic nitrogens is 4. The van der Waals surface area contributed by atoms with Gasteiger partial charge < -0.3 is 4.98 Å². The molecule has 0 amide bonds. The summed E-state index contributed by atoms with van der Waals surface area (Å²) in [6.45, 7) is 1.87. The Morgan fingerprint density at radius 1 is 1.45 bits per heavy atom. The van der Waals surface area contributed by atoms with Crippen LogP contribution in [0.2, 0.25) is 5.28 Å². The molecule has 0 saturated heterocycles. The number of hydrogen-bond donors (Lipinski definition) is 1. The van der Waals surface area contributed by atoms with Crippen LogP contribution in [0.15, 0.2) is 6.33 Å². The molecule has 0 saturated carbocycles. The van der Waals surface area contributed by atoms with Crippen molar-refractivity contribution in [1.29, 1.82) is 0 Å². The van der Waals surface area contributed by atoms with E-state index in [4.69, 9.17) is 11.6 Å². The molecule has 0 atom stereocenters. The first-order chi connectivity index (χ1) is 5.27. The van der Waals surface area contributed by atoms with Crippen LogP contribution in [-0.2, 0) is 0 Å². The number of aromatic amines is 1. The van der Waals surface area contributed by atoms with Crippen molar-refractivity contribution in [3.63, 3.8) is 0 Å². The highest BCUT2D eigenvalue weighted by Crippen LogP contribution is 2.12. The van der Waals surface area contributed by atoms with Crippen LogP contribution in [0.5, 0.6) is 0 Å². The molecule has 5 heteroatoms. The molecule has 2 heterocycles. The number of fused-ring (bicyclic) bond motifs is 1. The van der Waals surface area contributed by atoms with Gasteiger partial charge in [-0.1, -0.05) is 0 Å². The molecule has 0 radical (unpaired) electrons. The van der Waals surface area contributed by atoms with E-state index in [0.717, 1.165) is 11.2 Å². The average Bonchev–Trinajstić information content (AvgIpc) is 2.31. The van der Waals surface area contributed by atoms with E-state index in [-0.39, 0.29) is 0 Å². The first-order valence-corrected chi connectivity index (χ1v) is 3.48. The van der Waals surface area contributed by atoms with Gasteiger partial charge in [0.15, 0.2) is 5.65 Å². The maximum Gasteiger partial charge on any atom is 0.202 e. The standard InChI is InChI=1S/C6H5ClN4/c1-3-4-5(9-2-8-3)11-6(7)10-4/h2H,1H3,(H,8,9,10,11). The fraction of sp³-hybridized carbons (Fsp3) is 0.167. The second-order valence-electron chi connectivity index (χ2n) is 2.19. The minimum atomic E-state index is 0.351. The quantitative estimate of drug-likeness (QED) is 0.604. The molecule has 2 aromatic heterocycles. The summed E-state index contributed by atoms with van der Waals surface area (Å²) in [5, 5.41) is 0.351. The molecule has 2 aromatic rings. The number of nitrogens with zero attached hydrogens (tertiary/aromatic N) is 3. The van der Waals surface area contributed by atoms with Crippen molar-refractivity contribution in [2.45, 2.75) is 6.92 Å². The van der Waals surface area contributed by atoms with Crippen molar-refractivity contribution in [2.24, 2.45) is 0 Å². The first kappa shape index (κ1) is 6.54. The average molecular weight is 169 g/mol. The van der Waals surface area contributed by atoms with Crippen molar-refractivity contribution >= 4 is 22.8 Å². The molecule has 11 heavy (non-hydrogen) atoms. The Hall–Kier alpha value is -1.16. The van der Waals surface area contributed by atoms with E-state index in [2.05, 4.69) is 19.9 Å². The zero-order valence-corrected chi connectivity index (χ0v) is 6.55. The normalized spacial score (nSPS) is 10.7. The molecule has 4 nitrogen and oxygen atoms in total.